The minimum Gasteiger partial charge on any atom is -0.379 e. The summed E-state index contributed by atoms with van der Waals surface area (Å²) in [6, 6.07) is 2.87. The third-order valence-corrected chi connectivity index (χ3v) is 6.54. The van der Waals surface area contributed by atoms with Crippen LogP contribution in [-0.4, -0.2) is 43.0 Å². The zero-order valence-corrected chi connectivity index (χ0v) is 14.1. The molecule has 0 N–H and O–H groups in total. The molecule has 3 fully saturated rings. The Morgan fingerprint density at radius 1 is 1.18 bits per heavy atom. The molecular weight excluding hydrogens is 276 g/mol. The van der Waals surface area contributed by atoms with Gasteiger partial charge in [0.25, 0.3) is 0 Å². The number of nitriles is 1. The lowest BCUT2D eigenvalue weighted by molar-refractivity contribution is -0.150. The summed E-state index contributed by atoms with van der Waals surface area (Å²) >= 11 is 0. The van der Waals surface area contributed by atoms with Gasteiger partial charge in [0.15, 0.2) is 5.78 Å². The molecule has 3 aliphatic rings. The normalized spacial score (nSPS) is 42.5. The summed E-state index contributed by atoms with van der Waals surface area (Å²) in [5.74, 6) is 0.163. The molecule has 0 aromatic rings. The van der Waals surface area contributed by atoms with E-state index >= 15 is 0 Å². The molecule has 0 radical (unpaired) electrons. The van der Waals surface area contributed by atoms with Crippen molar-refractivity contribution in [3.63, 3.8) is 0 Å². The third kappa shape index (κ3) is 2.49. The van der Waals surface area contributed by atoms with Gasteiger partial charge in [-0.25, -0.2) is 0 Å². The molecule has 0 bridgehead atoms. The van der Waals surface area contributed by atoms with Crippen LogP contribution in [0.15, 0.2) is 0 Å². The number of carbonyl (C=O) groups excluding carboxylic acids is 1. The van der Waals surface area contributed by atoms with Crippen molar-refractivity contribution in [3.8, 4) is 6.07 Å². The Morgan fingerprint density at radius 2 is 1.86 bits per heavy atom. The van der Waals surface area contributed by atoms with Crippen LogP contribution in [-0.2, 0) is 9.53 Å². The van der Waals surface area contributed by atoms with Gasteiger partial charge in [-0.1, -0.05) is 20.8 Å². The molecule has 0 amide bonds. The quantitative estimate of drug-likeness (QED) is 0.747. The van der Waals surface area contributed by atoms with Crippen molar-refractivity contribution in [1.29, 1.82) is 5.26 Å². The lowest BCUT2D eigenvalue weighted by atomic mass is 9.48. The molecule has 2 saturated carbocycles. The van der Waals surface area contributed by atoms with Crippen LogP contribution >= 0.6 is 0 Å². The fourth-order valence-electron chi connectivity index (χ4n) is 5.49. The maximum absolute atomic E-state index is 12.6. The lowest BCUT2D eigenvalue weighted by Crippen LogP contribution is -2.57. The molecule has 4 nitrogen and oxygen atoms in total. The van der Waals surface area contributed by atoms with Crippen molar-refractivity contribution in [3.05, 3.63) is 0 Å². The predicted molar refractivity (Wildman–Crippen MR) is 84.1 cm³/mol. The Bertz CT molecular complexity index is 490. The van der Waals surface area contributed by atoms with E-state index in [4.69, 9.17) is 4.74 Å². The molecule has 1 unspecified atom stereocenters. The Kier molecular flexibility index (Phi) is 4.07. The summed E-state index contributed by atoms with van der Waals surface area (Å²) in [6.07, 6.45) is 4.15. The van der Waals surface area contributed by atoms with Gasteiger partial charge in [0, 0.05) is 24.5 Å². The second-order valence-electron chi connectivity index (χ2n) is 8.26. The van der Waals surface area contributed by atoms with E-state index < -0.39 is 5.92 Å². The molecule has 1 aliphatic heterocycles. The average molecular weight is 304 g/mol. The fraction of sp³-hybridized carbons (Fsp3) is 0.889. The van der Waals surface area contributed by atoms with Crippen LogP contribution in [0.2, 0.25) is 0 Å². The van der Waals surface area contributed by atoms with E-state index in [0.717, 1.165) is 45.6 Å². The van der Waals surface area contributed by atoms with Gasteiger partial charge in [0.2, 0.25) is 0 Å². The number of hydrogen-bond donors (Lipinski definition) is 0. The van der Waals surface area contributed by atoms with E-state index in [-0.39, 0.29) is 16.6 Å². The maximum Gasteiger partial charge on any atom is 0.155 e. The number of fused-ring (bicyclic) bond motifs is 1. The standard InChI is InChI=1S/C18H28N2O2/c1-17(2)15-5-4-14(20-6-8-22-9-7-20)11-18(15,3)10-13(12-19)16(17)21/h13-15H,4-11H2,1-3H3/t13?,14-,15-,18+/m0/s1. The summed E-state index contributed by atoms with van der Waals surface area (Å²) in [7, 11) is 0. The summed E-state index contributed by atoms with van der Waals surface area (Å²) in [5.41, 5.74) is -0.248. The number of Topliss-reactive ketones (excluding diaryl/α,β-unsaturated/α-hetero) is 1. The van der Waals surface area contributed by atoms with Gasteiger partial charge in [-0.15, -0.1) is 0 Å². The number of ether oxygens (including phenoxy) is 1. The van der Waals surface area contributed by atoms with Crippen molar-refractivity contribution >= 4 is 5.78 Å². The molecule has 4 heteroatoms. The highest BCUT2D eigenvalue weighted by molar-refractivity contribution is 5.89. The molecular formula is C18H28N2O2. The molecule has 3 rings (SSSR count). The number of carbonyl (C=O) groups is 1. The van der Waals surface area contributed by atoms with Crippen LogP contribution in [0.3, 0.4) is 0 Å². The number of nitrogens with zero attached hydrogens (tertiary/aromatic N) is 2. The van der Waals surface area contributed by atoms with Crippen LogP contribution in [0.25, 0.3) is 0 Å². The van der Waals surface area contributed by atoms with E-state index in [2.05, 4.69) is 31.7 Å². The first-order chi connectivity index (χ1) is 10.4. The molecule has 0 aromatic carbocycles. The molecule has 1 saturated heterocycles. The van der Waals surface area contributed by atoms with Crippen molar-refractivity contribution < 1.29 is 9.53 Å². The molecule has 2 aliphatic carbocycles. The number of hydrogen-bond acceptors (Lipinski definition) is 4. The van der Waals surface area contributed by atoms with E-state index in [1.54, 1.807) is 0 Å². The van der Waals surface area contributed by atoms with Gasteiger partial charge >= 0.3 is 0 Å². The molecule has 122 valence electrons. The van der Waals surface area contributed by atoms with Crippen LogP contribution in [0.1, 0.15) is 46.5 Å². The van der Waals surface area contributed by atoms with Crippen molar-refractivity contribution in [1.82, 2.24) is 4.90 Å². The molecule has 0 spiro atoms. The maximum atomic E-state index is 12.6. The summed E-state index contributed by atoms with van der Waals surface area (Å²) in [4.78, 5) is 15.2. The van der Waals surface area contributed by atoms with Crippen LogP contribution in [0.5, 0.6) is 0 Å². The minimum atomic E-state index is -0.417. The summed E-state index contributed by atoms with van der Waals surface area (Å²) < 4.78 is 5.47. The van der Waals surface area contributed by atoms with Gasteiger partial charge in [-0.2, -0.15) is 5.26 Å². The van der Waals surface area contributed by atoms with E-state index in [9.17, 15) is 10.1 Å². The molecule has 4 atom stereocenters. The van der Waals surface area contributed by atoms with Crippen LogP contribution in [0.4, 0.5) is 0 Å². The lowest BCUT2D eigenvalue weighted by Gasteiger charge is -2.56. The Morgan fingerprint density at radius 3 is 2.50 bits per heavy atom. The summed E-state index contributed by atoms with van der Waals surface area (Å²) in [6.45, 7) is 10.2. The van der Waals surface area contributed by atoms with E-state index in [0.29, 0.717) is 12.0 Å². The van der Waals surface area contributed by atoms with Crippen LogP contribution < -0.4 is 0 Å². The van der Waals surface area contributed by atoms with Crippen LogP contribution in [0, 0.1) is 34.0 Å². The monoisotopic (exact) mass is 304 g/mol. The van der Waals surface area contributed by atoms with Gasteiger partial charge in [0.05, 0.1) is 19.3 Å². The highest BCUT2D eigenvalue weighted by Crippen LogP contribution is 2.58. The zero-order valence-electron chi connectivity index (χ0n) is 14.1. The van der Waals surface area contributed by atoms with Crippen molar-refractivity contribution in [2.75, 3.05) is 26.3 Å². The number of rotatable bonds is 1. The second kappa shape index (κ2) is 5.62. The number of morpholine rings is 1. The molecule has 0 aromatic heterocycles. The third-order valence-electron chi connectivity index (χ3n) is 6.54. The Hall–Kier alpha value is -0.920. The van der Waals surface area contributed by atoms with Gasteiger partial charge in [-0.3, -0.25) is 9.69 Å². The van der Waals surface area contributed by atoms with Gasteiger partial charge in [-0.05, 0) is 37.0 Å². The topological polar surface area (TPSA) is 53.3 Å². The first kappa shape index (κ1) is 16.0. The summed E-state index contributed by atoms with van der Waals surface area (Å²) in [5, 5.41) is 9.42. The largest absolute Gasteiger partial charge is 0.379 e. The van der Waals surface area contributed by atoms with E-state index in [1.807, 2.05) is 0 Å². The predicted octanol–water partition coefficient (Wildman–Crippen LogP) is 2.63. The Labute approximate surface area is 133 Å². The van der Waals surface area contributed by atoms with Crippen molar-refractivity contribution in [2.24, 2.45) is 22.7 Å². The first-order valence-electron chi connectivity index (χ1n) is 8.64. The fourth-order valence-corrected chi connectivity index (χ4v) is 5.49. The Balaban J connectivity index is 1.81. The highest BCUT2D eigenvalue weighted by Gasteiger charge is 2.57. The first-order valence-corrected chi connectivity index (χ1v) is 8.64. The average Bonchev–Trinajstić information content (AvgIpc) is 2.51. The zero-order chi connectivity index (χ0) is 16.0. The molecule has 22 heavy (non-hydrogen) atoms. The smallest absolute Gasteiger partial charge is 0.155 e. The van der Waals surface area contributed by atoms with Gasteiger partial charge in [0.1, 0.15) is 5.92 Å². The second-order valence-corrected chi connectivity index (χ2v) is 8.26. The minimum absolute atomic E-state index is 0.110. The molecule has 1 heterocycles. The SMILES string of the molecule is CC1(C)C(=O)C(C#N)C[C@]2(C)C[C@@H](N3CCOCC3)CC[C@@H]12. The number of ketones is 1. The van der Waals surface area contributed by atoms with E-state index in [1.165, 1.54) is 6.42 Å². The highest BCUT2D eigenvalue weighted by atomic mass is 16.5. The van der Waals surface area contributed by atoms with Crippen molar-refractivity contribution in [2.45, 2.75) is 52.5 Å². The van der Waals surface area contributed by atoms with Gasteiger partial charge < -0.3 is 4.74 Å².